The zero-order valence-corrected chi connectivity index (χ0v) is 14.6. The number of nitrogens with one attached hydrogen (secondary N) is 2. The van der Waals surface area contributed by atoms with Crippen LogP contribution in [0.15, 0.2) is 5.38 Å². The smallest absolute Gasteiger partial charge is 0.315 e. The molecule has 0 aromatic carbocycles. The number of rotatable bonds is 6. The Morgan fingerprint density at radius 2 is 2.27 bits per heavy atom. The molecule has 2 atom stereocenters. The lowest BCUT2D eigenvalue weighted by molar-refractivity contribution is 0.0545. The second-order valence-corrected chi connectivity index (χ2v) is 7.04. The van der Waals surface area contributed by atoms with Crippen molar-refractivity contribution < 1.29 is 9.53 Å². The number of amides is 2. The summed E-state index contributed by atoms with van der Waals surface area (Å²) in [5.41, 5.74) is 0.883. The number of thiazole rings is 1. The summed E-state index contributed by atoms with van der Waals surface area (Å²) in [4.78, 5) is 18.3. The van der Waals surface area contributed by atoms with E-state index in [-0.39, 0.29) is 12.1 Å². The first-order valence-corrected chi connectivity index (χ1v) is 8.60. The average Bonchev–Trinajstić information content (AvgIpc) is 3.11. The van der Waals surface area contributed by atoms with Crippen molar-refractivity contribution in [2.45, 2.75) is 32.9 Å². The molecule has 0 spiro atoms. The van der Waals surface area contributed by atoms with Gasteiger partial charge < -0.3 is 20.3 Å². The van der Waals surface area contributed by atoms with Gasteiger partial charge in [-0.2, -0.15) is 0 Å². The van der Waals surface area contributed by atoms with Crippen molar-refractivity contribution in [3.05, 3.63) is 11.1 Å². The lowest BCUT2D eigenvalue weighted by Gasteiger charge is -2.22. The summed E-state index contributed by atoms with van der Waals surface area (Å²) >= 11 is 1.57. The van der Waals surface area contributed by atoms with E-state index in [1.165, 1.54) is 0 Å². The molecule has 2 N–H and O–H groups in total. The van der Waals surface area contributed by atoms with E-state index in [2.05, 4.69) is 29.5 Å². The summed E-state index contributed by atoms with van der Waals surface area (Å²) in [5, 5.41) is 8.71. The summed E-state index contributed by atoms with van der Waals surface area (Å²) in [6.07, 6.45) is 1.27. The molecule has 124 valence electrons. The van der Waals surface area contributed by atoms with Crippen molar-refractivity contribution >= 4 is 22.5 Å². The Kier molecular flexibility index (Phi) is 6.02. The Labute approximate surface area is 136 Å². The molecule has 0 bridgehead atoms. The molecule has 0 saturated carbocycles. The number of anilines is 1. The van der Waals surface area contributed by atoms with Crippen molar-refractivity contribution in [1.82, 2.24) is 15.6 Å². The van der Waals surface area contributed by atoms with Crippen molar-refractivity contribution in [2.24, 2.45) is 11.8 Å². The average molecular weight is 326 g/mol. The molecule has 0 unspecified atom stereocenters. The molecule has 0 radical (unpaired) electrons. The van der Waals surface area contributed by atoms with Gasteiger partial charge in [-0.25, -0.2) is 9.78 Å². The van der Waals surface area contributed by atoms with Gasteiger partial charge in [-0.3, -0.25) is 0 Å². The molecule has 1 aromatic heterocycles. The summed E-state index contributed by atoms with van der Waals surface area (Å²) < 4.78 is 5.73. The number of ether oxygens (including phenoxy) is 1. The number of carbonyl (C=O) groups excluding carboxylic acids is 1. The van der Waals surface area contributed by atoms with Crippen LogP contribution >= 0.6 is 11.3 Å². The van der Waals surface area contributed by atoms with Crippen LogP contribution in [0.2, 0.25) is 0 Å². The van der Waals surface area contributed by atoms with Crippen molar-refractivity contribution in [1.29, 1.82) is 0 Å². The second-order valence-electron chi connectivity index (χ2n) is 6.21. The van der Waals surface area contributed by atoms with Crippen LogP contribution in [0.1, 0.15) is 26.0 Å². The largest absolute Gasteiger partial charge is 0.378 e. The Hall–Kier alpha value is -1.34. The van der Waals surface area contributed by atoms with Crippen LogP contribution < -0.4 is 15.5 Å². The zero-order valence-electron chi connectivity index (χ0n) is 13.8. The van der Waals surface area contributed by atoms with Gasteiger partial charge in [0.25, 0.3) is 0 Å². The van der Waals surface area contributed by atoms with Gasteiger partial charge in [0.05, 0.1) is 18.3 Å². The van der Waals surface area contributed by atoms with Crippen LogP contribution in [0.5, 0.6) is 0 Å². The number of aromatic nitrogens is 1. The minimum Gasteiger partial charge on any atom is -0.378 e. The fraction of sp³-hybridized carbons (Fsp3) is 0.733. The van der Waals surface area contributed by atoms with Crippen molar-refractivity contribution in [2.75, 3.05) is 32.1 Å². The van der Waals surface area contributed by atoms with E-state index in [0.29, 0.717) is 24.9 Å². The van der Waals surface area contributed by atoms with E-state index in [4.69, 9.17) is 4.74 Å². The van der Waals surface area contributed by atoms with Gasteiger partial charge in [-0.15, -0.1) is 11.3 Å². The van der Waals surface area contributed by atoms with Gasteiger partial charge >= 0.3 is 6.03 Å². The fourth-order valence-electron chi connectivity index (χ4n) is 2.65. The van der Waals surface area contributed by atoms with Crippen LogP contribution in [0.25, 0.3) is 0 Å². The molecule has 1 aromatic rings. The van der Waals surface area contributed by atoms with Gasteiger partial charge in [0.15, 0.2) is 5.13 Å². The lowest BCUT2D eigenvalue weighted by atomic mass is 9.93. The number of urea groups is 1. The SMILES string of the molecule is CC(C)[C@H]1OCC[C@H]1CNC(=O)NCc1csc(N(C)C)n1. The zero-order chi connectivity index (χ0) is 16.1. The maximum absolute atomic E-state index is 11.9. The maximum atomic E-state index is 11.9. The van der Waals surface area contributed by atoms with Gasteiger partial charge in [-0.1, -0.05) is 13.8 Å². The quantitative estimate of drug-likeness (QED) is 0.840. The summed E-state index contributed by atoms with van der Waals surface area (Å²) in [6.45, 7) is 6.23. The summed E-state index contributed by atoms with van der Waals surface area (Å²) in [5.74, 6) is 0.891. The molecule has 2 amide bonds. The van der Waals surface area contributed by atoms with Gasteiger partial charge in [0.1, 0.15) is 0 Å². The summed E-state index contributed by atoms with van der Waals surface area (Å²) in [6, 6.07) is -0.145. The monoisotopic (exact) mass is 326 g/mol. The third kappa shape index (κ3) is 4.58. The van der Waals surface area contributed by atoms with E-state index >= 15 is 0 Å². The van der Waals surface area contributed by atoms with E-state index < -0.39 is 0 Å². The molecule has 1 aliphatic rings. The first-order valence-electron chi connectivity index (χ1n) is 7.72. The molecule has 1 saturated heterocycles. The topological polar surface area (TPSA) is 66.5 Å². The highest BCUT2D eigenvalue weighted by Crippen LogP contribution is 2.26. The number of hydrogen-bond donors (Lipinski definition) is 2. The minimum absolute atomic E-state index is 0.145. The Bertz CT molecular complexity index is 490. The van der Waals surface area contributed by atoms with Gasteiger partial charge in [-0.05, 0) is 12.3 Å². The number of carbonyl (C=O) groups is 1. The highest BCUT2D eigenvalue weighted by atomic mass is 32.1. The molecule has 22 heavy (non-hydrogen) atoms. The fourth-order valence-corrected chi connectivity index (χ4v) is 3.41. The van der Waals surface area contributed by atoms with Crippen LogP contribution in [-0.4, -0.2) is 44.4 Å². The predicted octanol–water partition coefficient (Wildman–Crippen LogP) is 2.07. The first-order chi connectivity index (χ1) is 10.5. The van der Waals surface area contributed by atoms with Crippen molar-refractivity contribution in [3.63, 3.8) is 0 Å². The molecular weight excluding hydrogens is 300 g/mol. The molecule has 2 rings (SSSR count). The van der Waals surface area contributed by atoms with Crippen molar-refractivity contribution in [3.8, 4) is 0 Å². The van der Waals surface area contributed by atoms with E-state index in [1.807, 2.05) is 24.4 Å². The van der Waals surface area contributed by atoms with E-state index in [9.17, 15) is 4.79 Å². The molecular formula is C15H26N4O2S. The van der Waals surface area contributed by atoms with E-state index in [0.717, 1.165) is 23.9 Å². The third-order valence-corrected chi connectivity index (χ3v) is 4.85. The second kappa shape index (κ2) is 7.78. The number of hydrogen-bond acceptors (Lipinski definition) is 5. The molecule has 1 aliphatic heterocycles. The van der Waals surface area contributed by atoms with Crippen LogP contribution in [0.4, 0.5) is 9.93 Å². The van der Waals surface area contributed by atoms with Gasteiger partial charge in [0.2, 0.25) is 0 Å². The molecule has 6 nitrogen and oxygen atoms in total. The third-order valence-electron chi connectivity index (χ3n) is 3.80. The Morgan fingerprint density at radius 1 is 1.50 bits per heavy atom. The minimum atomic E-state index is -0.145. The highest BCUT2D eigenvalue weighted by Gasteiger charge is 2.30. The molecule has 1 fully saturated rings. The molecule has 2 heterocycles. The number of nitrogens with zero attached hydrogens (tertiary/aromatic N) is 2. The lowest BCUT2D eigenvalue weighted by Crippen LogP contribution is -2.40. The van der Waals surface area contributed by atoms with Crippen LogP contribution in [0, 0.1) is 11.8 Å². The van der Waals surface area contributed by atoms with Crippen LogP contribution in [0.3, 0.4) is 0 Å². The summed E-state index contributed by atoms with van der Waals surface area (Å²) in [7, 11) is 3.91. The predicted molar refractivity (Wildman–Crippen MR) is 89.4 cm³/mol. The van der Waals surface area contributed by atoms with E-state index in [1.54, 1.807) is 11.3 Å². The van der Waals surface area contributed by atoms with Crippen LogP contribution in [-0.2, 0) is 11.3 Å². The standard InChI is InChI=1S/C15H26N4O2S/c1-10(2)13-11(5-6-21-13)7-16-14(20)17-8-12-9-22-15(18-12)19(3)4/h9-11,13H,5-8H2,1-4H3,(H2,16,17,20)/t11-,13+/m0/s1. The van der Waals surface area contributed by atoms with Gasteiger partial charge in [0, 0.05) is 38.5 Å². The first kappa shape index (κ1) is 17.0. The highest BCUT2D eigenvalue weighted by molar-refractivity contribution is 7.13. The maximum Gasteiger partial charge on any atom is 0.315 e. The molecule has 7 heteroatoms. The molecule has 0 aliphatic carbocycles. The normalized spacial score (nSPS) is 21.1. The Morgan fingerprint density at radius 3 is 2.91 bits per heavy atom. The Balaban J connectivity index is 1.71.